The molecule has 0 aliphatic carbocycles. The average molecular weight is 196 g/mol. The molecule has 0 radical (unpaired) electrons. The Hall–Kier alpha value is -1.53. The van der Waals surface area contributed by atoms with Crippen LogP contribution in [0.2, 0.25) is 0 Å². The standard InChI is InChI=1S/C6H4F4N2O/c7-3-2-12-5(11)1-4(3)13-6(8,9)10/h1-2H,(H2,11,12). The van der Waals surface area contributed by atoms with E-state index in [9.17, 15) is 17.6 Å². The second-order valence-corrected chi connectivity index (χ2v) is 2.09. The molecule has 0 aliphatic heterocycles. The Balaban J connectivity index is 2.94. The molecular weight excluding hydrogens is 192 g/mol. The molecule has 1 rings (SSSR count). The summed E-state index contributed by atoms with van der Waals surface area (Å²) in [5.41, 5.74) is 5.02. The summed E-state index contributed by atoms with van der Waals surface area (Å²) >= 11 is 0. The molecule has 72 valence electrons. The summed E-state index contributed by atoms with van der Waals surface area (Å²) < 4.78 is 50.7. The van der Waals surface area contributed by atoms with Gasteiger partial charge in [0.15, 0.2) is 11.6 Å². The lowest BCUT2D eigenvalue weighted by atomic mass is 10.4. The highest BCUT2D eigenvalue weighted by Gasteiger charge is 2.32. The number of aromatic nitrogens is 1. The van der Waals surface area contributed by atoms with E-state index >= 15 is 0 Å². The van der Waals surface area contributed by atoms with Crippen LogP contribution in [0, 0.1) is 5.82 Å². The molecule has 3 nitrogen and oxygen atoms in total. The van der Waals surface area contributed by atoms with Crippen LogP contribution in [0.25, 0.3) is 0 Å². The Labute approximate surface area is 70.1 Å². The van der Waals surface area contributed by atoms with Crippen LogP contribution < -0.4 is 10.5 Å². The molecule has 1 aromatic heterocycles. The third-order valence-electron chi connectivity index (χ3n) is 1.07. The van der Waals surface area contributed by atoms with E-state index in [4.69, 9.17) is 5.73 Å². The van der Waals surface area contributed by atoms with Crippen molar-refractivity contribution in [3.63, 3.8) is 0 Å². The van der Waals surface area contributed by atoms with Gasteiger partial charge in [0.05, 0.1) is 6.20 Å². The highest BCUT2D eigenvalue weighted by atomic mass is 19.4. The van der Waals surface area contributed by atoms with Crippen molar-refractivity contribution in [2.75, 3.05) is 5.73 Å². The van der Waals surface area contributed by atoms with Gasteiger partial charge >= 0.3 is 6.36 Å². The fourth-order valence-electron chi connectivity index (χ4n) is 0.638. The predicted octanol–water partition coefficient (Wildman–Crippen LogP) is 1.70. The highest BCUT2D eigenvalue weighted by Crippen LogP contribution is 2.25. The molecule has 0 saturated heterocycles. The number of pyridine rings is 1. The lowest BCUT2D eigenvalue weighted by molar-refractivity contribution is -0.275. The van der Waals surface area contributed by atoms with Crippen LogP contribution in [0.15, 0.2) is 12.3 Å². The maximum Gasteiger partial charge on any atom is 0.573 e. The topological polar surface area (TPSA) is 48.1 Å². The average Bonchev–Trinajstić information content (AvgIpc) is 1.94. The van der Waals surface area contributed by atoms with Crippen molar-refractivity contribution in [1.29, 1.82) is 0 Å². The molecule has 0 bridgehead atoms. The maximum absolute atomic E-state index is 12.6. The molecule has 1 heterocycles. The molecular formula is C6H4F4N2O. The number of alkyl halides is 3. The zero-order chi connectivity index (χ0) is 10.1. The number of ether oxygens (including phenoxy) is 1. The van der Waals surface area contributed by atoms with Gasteiger partial charge in [-0.15, -0.1) is 13.2 Å². The van der Waals surface area contributed by atoms with E-state index in [1.165, 1.54) is 0 Å². The van der Waals surface area contributed by atoms with Crippen molar-refractivity contribution >= 4 is 5.82 Å². The monoisotopic (exact) mass is 196 g/mol. The molecule has 0 spiro atoms. The molecule has 0 atom stereocenters. The highest BCUT2D eigenvalue weighted by molar-refractivity contribution is 5.36. The minimum absolute atomic E-state index is 0.249. The SMILES string of the molecule is Nc1cc(OC(F)(F)F)c(F)cn1. The van der Waals surface area contributed by atoms with Gasteiger partial charge in [-0.1, -0.05) is 0 Å². The van der Waals surface area contributed by atoms with Crippen molar-refractivity contribution in [1.82, 2.24) is 4.98 Å². The summed E-state index contributed by atoms with van der Waals surface area (Å²) in [6.07, 6.45) is -4.38. The first-order valence-corrected chi connectivity index (χ1v) is 3.05. The van der Waals surface area contributed by atoms with Crippen LogP contribution in [-0.4, -0.2) is 11.3 Å². The summed E-state index contributed by atoms with van der Waals surface area (Å²) in [5, 5.41) is 0. The van der Waals surface area contributed by atoms with Crippen LogP contribution in [0.1, 0.15) is 0 Å². The molecule has 2 N–H and O–H groups in total. The van der Waals surface area contributed by atoms with E-state index in [0.29, 0.717) is 12.3 Å². The van der Waals surface area contributed by atoms with Crippen molar-refractivity contribution in [2.45, 2.75) is 6.36 Å². The third-order valence-corrected chi connectivity index (χ3v) is 1.07. The molecule has 0 amide bonds. The largest absolute Gasteiger partial charge is 0.573 e. The molecule has 0 unspecified atom stereocenters. The second kappa shape index (κ2) is 3.08. The fraction of sp³-hybridized carbons (Fsp3) is 0.167. The van der Waals surface area contributed by atoms with Crippen molar-refractivity contribution < 1.29 is 22.3 Å². The van der Waals surface area contributed by atoms with Crippen LogP contribution in [-0.2, 0) is 0 Å². The van der Waals surface area contributed by atoms with E-state index in [1.807, 2.05) is 0 Å². The number of halogens is 4. The zero-order valence-corrected chi connectivity index (χ0v) is 6.10. The van der Waals surface area contributed by atoms with Crippen LogP contribution in [0.4, 0.5) is 23.4 Å². The minimum Gasteiger partial charge on any atom is -0.402 e. The predicted molar refractivity (Wildman–Crippen MR) is 35.3 cm³/mol. The second-order valence-electron chi connectivity index (χ2n) is 2.09. The Morgan fingerprint density at radius 3 is 2.54 bits per heavy atom. The number of anilines is 1. The lowest BCUT2D eigenvalue weighted by Gasteiger charge is -2.09. The van der Waals surface area contributed by atoms with Crippen molar-refractivity contribution in [2.24, 2.45) is 0 Å². The normalized spacial score (nSPS) is 11.4. The van der Waals surface area contributed by atoms with Gasteiger partial charge in [-0.25, -0.2) is 9.37 Å². The van der Waals surface area contributed by atoms with Gasteiger partial charge in [-0.2, -0.15) is 0 Å². The molecule has 0 aromatic carbocycles. The van der Waals surface area contributed by atoms with Gasteiger partial charge in [0.1, 0.15) is 5.82 Å². The van der Waals surface area contributed by atoms with Gasteiger partial charge < -0.3 is 10.5 Å². The third kappa shape index (κ3) is 2.77. The van der Waals surface area contributed by atoms with Crippen LogP contribution >= 0.6 is 0 Å². The zero-order valence-electron chi connectivity index (χ0n) is 6.10. The Bertz CT molecular complexity index is 312. The van der Waals surface area contributed by atoms with Gasteiger partial charge in [-0.3, -0.25) is 0 Å². The van der Waals surface area contributed by atoms with E-state index in [-0.39, 0.29) is 5.82 Å². The number of hydrogen-bond donors (Lipinski definition) is 1. The molecule has 0 aliphatic rings. The number of nitrogens with two attached hydrogens (primary N) is 1. The fourth-order valence-corrected chi connectivity index (χ4v) is 0.638. The molecule has 1 aromatic rings. The molecule has 13 heavy (non-hydrogen) atoms. The van der Waals surface area contributed by atoms with E-state index in [1.54, 1.807) is 0 Å². The molecule has 7 heteroatoms. The quantitative estimate of drug-likeness (QED) is 0.695. The van der Waals surface area contributed by atoms with Crippen LogP contribution in [0.5, 0.6) is 5.75 Å². The van der Waals surface area contributed by atoms with Crippen molar-refractivity contribution in [3.05, 3.63) is 18.1 Å². The summed E-state index contributed by atoms with van der Waals surface area (Å²) in [6, 6.07) is 0.656. The van der Waals surface area contributed by atoms with E-state index < -0.39 is 17.9 Å². The number of rotatable bonds is 1. The van der Waals surface area contributed by atoms with Crippen LogP contribution in [0.3, 0.4) is 0 Å². The number of hydrogen-bond acceptors (Lipinski definition) is 3. The first-order valence-electron chi connectivity index (χ1n) is 3.05. The first kappa shape index (κ1) is 9.56. The number of nitrogens with zero attached hydrogens (tertiary/aromatic N) is 1. The summed E-state index contributed by atoms with van der Waals surface area (Å²) in [7, 11) is 0. The molecule has 0 saturated carbocycles. The Morgan fingerprint density at radius 2 is 2.00 bits per heavy atom. The van der Waals surface area contributed by atoms with E-state index in [2.05, 4.69) is 9.72 Å². The summed E-state index contributed by atoms with van der Waals surface area (Å²) in [4.78, 5) is 3.22. The van der Waals surface area contributed by atoms with Gasteiger partial charge in [-0.05, 0) is 0 Å². The summed E-state index contributed by atoms with van der Waals surface area (Å²) in [6.45, 7) is 0. The van der Waals surface area contributed by atoms with Crippen molar-refractivity contribution in [3.8, 4) is 5.75 Å². The Morgan fingerprint density at radius 1 is 1.38 bits per heavy atom. The van der Waals surface area contributed by atoms with Gasteiger partial charge in [0.2, 0.25) is 0 Å². The number of nitrogen functional groups attached to an aromatic ring is 1. The first-order chi connectivity index (χ1) is 5.88. The maximum atomic E-state index is 12.6. The van der Waals surface area contributed by atoms with E-state index in [0.717, 1.165) is 0 Å². The van der Waals surface area contributed by atoms with Gasteiger partial charge in [0.25, 0.3) is 0 Å². The summed E-state index contributed by atoms with van der Waals surface area (Å²) in [5.74, 6) is -2.45. The molecule has 0 fully saturated rings. The Kier molecular flexibility index (Phi) is 2.26. The lowest BCUT2D eigenvalue weighted by Crippen LogP contribution is -2.18. The smallest absolute Gasteiger partial charge is 0.402 e. The minimum atomic E-state index is -4.94. The van der Waals surface area contributed by atoms with Gasteiger partial charge in [0, 0.05) is 6.07 Å².